The van der Waals surface area contributed by atoms with E-state index >= 15 is 0 Å². The second-order valence-corrected chi connectivity index (χ2v) is 6.38. The minimum atomic E-state index is -0.926. The molecule has 0 saturated carbocycles. The third-order valence-corrected chi connectivity index (χ3v) is 4.48. The largest absolute Gasteiger partial charge is 0.490 e. The van der Waals surface area contributed by atoms with Gasteiger partial charge in [0.2, 0.25) is 0 Å². The molecule has 0 aliphatic heterocycles. The Hall–Kier alpha value is -3.15. The fourth-order valence-electron chi connectivity index (χ4n) is 3.32. The summed E-state index contributed by atoms with van der Waals surface area (Å²) in [5.41, 5.74) is 2.51. The highest BCUT2D eigenvalue weighted by Gasteiger charge is 2.24. The maximum atomic E-state index is 13.1. The zero-order valence-corrected chi connectivity index (χ0v) is 15.4. The summed E-state index contributed by atoms with van der Waals surface area (Å²) in [5, 5.41) is 9.27. The molecule has 27 heavy (non-hydrogen) atoms. The molecular weight excluding hydrogens is 344 g/mol. The SMILES string of the molecule is CCOc1cccn2c(C(=O)C[C@@H](CC(=O)O)c3ccccc3)c(C)nc12. The third kappa shape index (κ3) is 4.00. The van der Waals surface area contributed by atoms with E-state index < -0.39 is 11.9 Å². The van der Waals surface area contributed by atoms with E-state index in [4.69, 9.17) is 4.74 Å². The molecular formula is C21H22N2O4. The number of ether oxygens (including phenoxy) is 1. The van der Waals surface area contributed by atoms with Crippen LogP contribution in [0.1, 0.15) is 47.4 Å². The van der Waals surface area contributed by atoms with Gasteiger partial charge in [0.1, 0.15) is 5.69 Å². The summed E-state index contributed by atoms with van der Waals surface area (Å²) < 4.78 is 7.33. The molecule has 0 fully saturated rings. The molecule has 0 unspecified atom stereocenters. The van der Waals surface area contributed by atoms with Crippen LogP contribution < -0.4 is 4.74 Å². The highest BCUT2D eigenvalue weighted by molar-refractivity contribution is 5.97. The predicted molar refractivity (Wildman–Crippen MR) is 101 cm³/mol. The van der Waals surface area contributed by atoms with Gasteiger partial charge in [-0.1, -0.05) is 30.3 Å². The van der Waals surface area contributed by atoms with Crippen molar-refractivity contribution in [2.45, 2.75) is 32.6 Å². The van der Waals surface area contributed by atoms with Crippen molar-refractivity contribution < 1.29 is 19.4 Å². The summed E-state index contributed by atoms with van der Waals surface area (Å²) in [6.07, 6.45) is 1.78. The van der Waals surface area contributed by atoms with Crippen LogP contribution in [0.5, 0.6) is 5.75 Å². The summed E-state index contributed by atoms with van der Waals surface area (Å²) in [7, 11) is 0. The number of ketones is 1. The Kier molecular flexibility index (Phi) is 5.54. The fourth-order valence-corrected chi connectivity index (χ4v) is 3.32. The number of aryl methyl sites for hydroxylation is 1. The van der Waals surface area contributed by atoms with Crippen molar-refractivity contribution >= 4 is 17.4 Å². The molecule has 140 valence electrons. The normalized spacial score (nSPS) is 12.1. The fraction of sp³-hybridized carbons (Fsp3) is 0.286. The van der Waals surface area contributed by atoms with Crippen LogP contribution in [0.2, 0.25) is 0 Å². The average molecular weight is 366 g/mol. The lowest BCUT2D eigenvalue weighted by molar-refractivity contribution is -0.137. The van der Waals surface area contributed by atoms with E-state index in [9.17, 15) is 14.7 Å². The van der Waals surface area contributed by atoms with Crippen LogP contribution in [-0.4, -0.2) is 32.9 Å². The maximum absolute atomic E-state index is 13.1. The first-order chi connectivity index (χ1) is 13.0. The van der Waals surface area contributed by atoms with Gasteiger partial charge in [-0.2, -0.15) is 0 Å². The first-order valence-electron chi connectivity index (χ1n) is 8.91. The molecule has 3 rings (SSSR count). The Morgan fingerprint density at radius 3 is 2.56 bits per heavy atom. The summed E-state index contributed by atoms with van der Waals surface area (Å²) in [6.45, 7) is 4.18. The van der Waals surface area contributed by atoms with Crippen LogP contribution in [0, 0.1) is 6.92 Å². The van der Waals surface area contributed by atoms with Gasteiger partial charge in [-0.15, -0.1) is 0 Å². The van der Waals surface area contributed by atoms with Crippen LogP contribution in [0.15, 0.2) is 48.7 Å². The Morgan fingerprint density at radius 1 is 1.15 bits per heavy atom. The van der Waals surface area contributed by atoms with Gasteiger partial charge in [-0.25, -0.2) is 4.98 Å². The van der Waals surface area contributed by atoms with Gasteiger partial charge in [0.15, 0.2) is 17.2 Å². The number of pyridine rings is 1. The molecule has 1 aromatic carbocycles. The van der Waals surface area contributed by atoms with Crippen molar-refractivity contribution in [3.8, 4) is 5.75 Å². The van der Waals surface area contributed by atoms with E-state index in [1.807, 2.05) is 49.4 Å². The number of carboxylic acids is 1. The van der Waals surface area contributed by atoms with Crippen molar-refractivity contribution in [3.63, 3.8) is 0 Å². The molecule has 6 nitrogen and oxygen atoms in total. The highest BCUT2D eigenvalue weighted by atomic mass is 16.5. The first kappa shape index (κ1) is 18.6. The van der Waals surface area contributed by atoms with Gasteiger partial charge in [0.05, 0.1) is 18.7 Å². The zero-order chi connectivity index (χ0) is 19.4. The molecule has 3 aromatic rings. The molecule has 0 saturated heterocycles. The molecule has 0 spiro atoms. The van der Waals surface area contributed by atoms with Crippen molar-refractivity contribution in [2.24, 2.45) is 0 Å². The van der Waals surface area contributed by atoms with E-state index in [0.29, 0.717) is 29.4 Å². The van der Waals surface area contributed by atoms with Crippen LogP contribution in [0.4, 0.5) is 0 Å². The van der Waals surface area contributed by atoms with E-state index in [2.05, 4.69) is 4.98 Å². The molecule has 0 aliphatic carbocycles. The number of carbonyl (C=O) groups is 2. The van der Waals surface area contributed by atoms with Crippen molar-refractivity contribution in [1.29, 1.82) is 0 Å². The van der Waals surface area contributed by atoms with Gasteiger partial charge < -0.3 is 9.84 Å². The van der Waals surface area contributed by atoms with Gasteiger partial charge >= 0.3 is 5.97 Å². The topological polar surface area (TPSA) is 80.9 Å². The number of hydrogen-bond donors (Lipinski definition) is 1. The van der Waals surface area contributed by atoms with Gasteiger partial charge in [0.25, 0.3) is 0 Å². The molecule has 0 bridgehead atoms. The molecule has 0 radical (unpaired) electrons. The van der Waals surface area contributed by atoms with Crippen LogP contribution in [0.25, 0.3) is 5.65 Å². The standard InChI is InChI=1S/C21H22N2O4/c1-3-27-18-10-7-11-23-20(14(2)22-21(18)23)17(24)12-16(13-19(25)26)15-8-5-4-6-9-15/h4-11,16H,3,12-13H2,1-2H3,(H,25,26)/t16-/m0/s1. The quantitative estimate of drug-likeness (QED) is 0.612. The smallest absolute Gasteiger partial charge is 0.303 e. The first-order valence-corrected chi connectivity index (χ1v) is 8.91. The monoisotopic (exact) mass is 366 g/mol. The minimum Gasteiger partial charge on any atom is -0.490 e. The summed E-state index contributed by atoms with van der Waals surface area (Å²) in [5.74, 6) is -0.836. The number of Topliss-reactive ketones (excluding diaryl/α,β-unsaturated/α-hetero) is 1. The Bertz CT molecular complexity index is 963. The van der Waals surface area contributed by atoms with E-state index in [0.717, 1.165) is 5.56 Å². The summed E-state index contributed by atoms with van der Waals surface area (Å²) in [4.78, 5) is 28.9. The number of benzene rings is 1. The predicted octanol–water partition coefficient (Wildman–Crippen LogP) is 3.87. The highest BCUT2D eigenvalue weighted by Crippen LogP contribution is 2.28. The van der Waals surface area contributed by atoms with Crippen LogP contribution in [0.3, 0.4) is 0 Å². The van der Waals surface area contributed by atoms with Gasteiger partial charge in [-0.3, -0.25) is 14.0 Å². The number of hydrogen-bond acceptors (Lipinski definition) is 4. The number of imidazole rings is 1. The van der Waals surface area contributed by atoms with Crippen LogP contribution >= 0.6 is 0 Å². The minimum absolute atomic E-state index is 0.101. The Balaban J connectivity index is 1.96. The van der Waals surface area contributed by atoms with E-state index in [1.54, 1.807) is 17.5 Å². The molecule has 6 heteroatoms. The van der Waals surface area contributed by atoms with Crippen molar-refractivity contribution in [2.75, 3.05) is 6.61 Å². The molecule has 2 aromatic heterocycles. The number of carbonyl (C=O) groups excluding carboxylic acids is 1. The lowest BCUT2D eigenvalue weighted by Crippen LogP contribution is -2.14. The second kappa shape index (κ2) is 8.03. The van der Waals surface area contributed by atoms with Gasteiger partial charge in [0, 0.05) is 18.5 Å². The lowest BCUT2D eigenvalue weighted by Gasteiger charge is -2.15. The Morgan fingerprint density at radius 2 is 1.89 bits per heavy atom. The van der Waals surface area contributed by atoms with E-state index in [-0.39, 0.29) is 18.6 Å². The zero-order valence-electron chi connectivity index (χ0n) is 15.4. The van der Waals surface area contributed by atoms with E-state index in [1.165, 1.54) is 0 Å². The molecule has 1 N–H and O–H groups in total. The number of nitrogens with zero attached hydrogens (tertiary/aromatic N) is 2. The van der Waals surface area contributed by atoms with Crippen molar-refractivity contribution in [1.82, 2.24) is 9.38 Å². The average Bonchev–Trinajstić information content (AvgIpc) is 2.99. The Labute approximate surface area is 157 Å². The number of aromatic nitrogens is 2. The summed E-state index contributed by atoms with van der Waals surface area (Å²) in [6, 6.07) is 12.9. The van der Waals surface area contributed by atoms with Gasteiger partial charge in [-0.05, 0) is 31.5 Å². The molecule has 0 aliphatic rings. The number of aliphatic carboxylic acids is 1. The second-order valence-electron chi connectivity index (χ2n) is 6.38. The number of fused-ring (bicyclic) bond motifs is 1. The van der Waals surface area contributed by atoms with Crippen molar-refractivity contribution in [3.05, 3.63) is 65.6 Å². The summed E-state index contributed by atoms with van der Waals surface area (Å²) >= 11 is 0. The molecule has 0 amide bonds. The van der Waals surface area contributed by atoms with Crippen LogP contribution in [-0.2, 0) is 4.79 Å². The third-order valence-electron chi connectivity index (χ3n) is 4.48. The molecule has 2 heterocycles. The molecule has 1 atom stereocenters. The maximum Gasteiger partial charge on any atom is 0.303 e. The lowest BCUT2D eigenvalue weighted by atomic mass is 9.90. The number of carboxylic acid groups (broad SMARTS) is 1. The number of rotatable bonds is 8.